The van der Waals surface area contributed by atoms with Crippen LogP contribution < -0.4 is 10.6 Å². The lowest BCUT2D eigenvalue weighted by Crippen LogP contribution is -2.23. The molecule has 1 aromatic heterocycles. The number of nitrogens with one attached hydrogen (secondary N) is 2. The molecule has 0 bridgehead atoms. The van der Waals surface area contributed by atoms with E-state index in [1.54, 1.807) is 25.4 Å². The first kappa shape index (κ1) is 13.4. The van der Waals surface area contributed by atoms with Gasteiger partial charge in [-0.1, -0.05) is 0 Å². The number of nitrogens with zero attached hydrogens (tertiary/aromatic N) is 1. The minimum atomic E-state index is -0.100. The van der Waals surface area contributed by atoms with Crippen LogP contribution in [0.25, 0.3) is 0 Å². The Morgan fingerprint density at radius 3 is 2.82 bits per heavy atom. The van der Waals surface area contributed by atoms with Crippen molar-refractivity contribution in [2.75, 3.05) is 25.5 Å². The maximum Gasteiger partial charge on any atom is 0.252 e. The van der Waals surface area contributed by atoms with Gasteiger partial charge in [0.15, 0.2) is 0 Å². The van der Waals surface area contributed by atoms with Crippen LogP contribution in [0, 0.1) is 0 Å². The second-order valence-corrected chi connectivity index (χ2v) is 3.72. The SMILES string of the molecule is CCNC(=O)c1ccc(NCC(C)OC)nc1. The van der Waals surface area contributed by atoms with Gasteiger partial charge in [0.25, 0.3) is 5.91 Å². The predicted molar refractivity (Wildman–Crippen MR) is 67.2 cm³/mol. The number of hydrogen-bond acceptors (Lipinski definition) is 4. The van der Waals surface area contributed by atoms with Gasteiger partial charge in [0.1, 0.15) is 5.82 Å². The molecule has 1 aromatic rings. The Morgan fingerprint density at radius 2 is 2.29 bits per heavy atom. The fraction of sp³-hybridized carbons (Fsp3) is 0.500. The van der Waals surface area contributed by atoms with Crippen molar-refractivity contribution in [2.45, 2.75) is 20.0 Å². The number of carbonyl (C=O) groups excluding carboxylic acids is 1. The van der Waals surface area contributed by atoms with Crippen LogP contribution in [0.4, 0.5) is 5.82 Å². The molecule has 5 nitrogen and oxygen atoms in total. The van der Waals surface area contributed by atoms with Gasteiger partial charge in [-0.25, -0.2) is 4.98 Å². The summed E-state index contributed by atoms with van der Waals surface area (Å²) in [5.41, 5.74) is 0.567. The molecular weight excluding hydrogens is 218 g/mol. The number of aromatic nitrogens is 1. The third-order valence-corrected chi connectivity index (χ3v) is 2.34. The van der Waals surface area contributed by atoms with Crippen LogP contribution in [0.2, 0.25) is 0 Å². The van der Waals surface area contributed by atoms with Gasteiger partial charge in [-0.15, -0.1) is 0 Å². The number of amides is 1. The van der Waals surface area contributed by atoms with E-state index in [2.05, 4.69) is 15.6 Å². The average Bonchev–Trinajstić information content (AvgIpc) is 2.36. The third kappa shape index (κ3) is 4.40. The summed E-state index contributed by atoms with van der Waals surface area (Å²) in [5, 5.41) is 5.85. The number of anilines is 1. The van der Waals surface area contributed by atoms with Gasteiger partial charge in [0.05, 0.1) is 11.7 Å². The van der Waals surface area contributed by atoms with Crippen molar-refractivity contribution in [1.29, 1.82) is 0 Å². The average molecular weight is 237 g/mol. The van der Waals surface area contributed by atoms with Crippen molar-refractivity contribution in [3.05, 3.63) is 23.9 Å². The van der Waals surface area contributed by atoms with Gasteiger partial charge in [-0.2, -0.15) is 0 Å². The van der Waals surface area contributed by atoms with Crippen LogP contribution in [0.1, 0.15) is 24.2 Å². The van der Waals surface area contributed by atoms with Gasteiger partial charge in [-0.05, 0) is 26.0 Å². The van der Waals surface area contributed by atoms with Crippen molar-refractivity contribution >= 4 is 11.7 Å². The molecule has 1 unspecified atom stereocenters. The maximum absolute atomic E-state index is 11.5. The van der Waals surface area contributed by atoms with Crippen LogP contribution in [-0.2, 0) is 4.74 Å². The number of pyridine rings is 1. The highest BCUT2D eigenvalue weighted by molar-refractivity contribution is 5.93. The van der Waals surface area contributed by atoms with Crippen LogP contribution in [0.5, 0.6) is 0 Å². The molecular formula is C12H19N3O2. The van der Waals surface area contributed by atoms with Gasteiger partial charge < -0.3 is 15.4 Å². The van der Waals surface area contributed by atoms with Crippen molar-refractivity contribution in [3.63, 3.8) is 0 Å². The van der Waals surface area contributed by atoms with E-state index in [4.69, 9.17) is 4.74 Å². The zero-order valence-electron chi connectivity index (χ0n) is 10.5. The topological polar surface area (TPSA) is 63.2 Å². The molecule has 2 N–H and O–H groups in total. The van der Waals surface area contributed by atoms with Crippen molar-refractivity contribution < 1.29 is 9.53 Å². The lowest BCUT2D eigenvalue weighted by molar-refractivity contribution is 0.0955. The first-order chi connectivity index (χ1) is 8.17. The van der Waals surface area contributed by atoms with Crippen LogP contribution in [0.15, 0.2) is 18.3 Å². The highest BCUT2D eigenvalue weighted by Gasteiger charge is 2.05. The summed E-state index contributed by atoms with van der Waals surface area (Å²) in [6.07, 6.45) is 1.69. The summed E-state index contributed by atoms with van der Waals surface area (Å²) >= 11 is 0. The standard InChI is InChI=1S/C12H19N3O2/c1-4-13-12(16)10-5-6-11(15-8-10)14-7-9(2)17-3/h5-6,8-9H,4,7H2,1-3H3,(H,13,16)(H,14,15). The van der Waals surface area contributed by atoms with E-state index in [0.29, 0.717) is 18.7 Å². The second-order valence-electron chi connectivity index (χ2n) is 3.72. The molecule has 0 spiro atoms. The summed E-state index contributed by atoms with van der Waals surface area (Å²) in [4.78, 5) is 15.6. The summed E-state index contributed by atoms with van der Waals surface area (Å²) < 4.78 is 5.11. The molecule has 1 rings (SSSR count). The quantitative estimate of drug-likeness (QED) is 0.782. The third-order valence-electron chi connectivity index (χ3n) is 2.34. The van der Waals surface area contributed by atoms with Crippen molar-refractivity contribution in [3.8, 4) is 0 Å². The smallest absolute Gasteiger partial charge is 0.252 e. The molecule has 1 amide bonds. The summed E-state index contributed by atoms with van der Waals surface area (Å²) in [6, 6.07) is 3.53. The van der Waals surface area contributed by atoms with E-state index in [9.17, 15) is 4.79 Å². The predicted octanol–water partition coefficient (Wildman–Crippen LogP) is 1.28. The molecule has 5 heteroatoms. The normalized spacial score (nSPS) is 11.9. The lowest BCUT2D eigenvalue weighted by Gasteiger charge is -2.11. The molecule has 0 fully saturated rings. The molecule has 17 heavy (non-hydrogen) atoms. The highest BCUT2D eigenvalue weighted by atomic mass is 16.5. The summed E-state index contributed by atoms with van der Waals surface area (Å²) in [5.74, 6) is 0.638. The second kappa shape index (κ2) is 6.85. The summed E-state index contributed by atoms with van der Waals surface area (Å²) in [6.45, 7) is 5.15. The van der Waals surface area contributed by atoms with Crippen molar-refractivity contribution in [2.24, 2.45) is 0 Å². The van der Waals surface area contributed by atoms with E-state index in [-0.39, 0.29) is 12.0 Å². The van der Waals surface area contributed by atoms with E-state index < -0.39 is 0 Å². The summed E-state index contributed by atoms with van der Waals surface area (Å²) in [7, 11) is 1.66. The van der Waals surface area contributed by atoms with Crippen molar-refractivity contribution in [1.82, 2.24) is 10.3 Å². The minimum Gasteiger partial charge on any atom is -0.380 e. The molecule has 0 aliphatic heterocycles. The lowest BCUT2D eigenvalue weighted by atomic mass is 10.2. The van der Waals surface area contributed by atoms with Gasteiger partial charge in [0, 0.05) is 26.4 Å². The number of methoxy groups -OCH3 is 1. The largest absolute Gasteiger partial charge is 0.380 e. The fourth-order valence-electron chi connectivity index (χ4n) is 1.23. The van der Waals surface area contributed by atoms with Crippen LogP contribution >= 0.6 is 0 Å². The Hall–Kier alpha value is -1.62. The molecule has 0 aromatic carbocycles. The van der Waals surface area contributed by atoms with E-state index in [0.717, 1.165) is 5.82 Å². The molecule has 1 heterocycles. The van der Waals surface area contributed by atoms with Gasteiger partial charge in [0.2, 0.25) is 0 Å². The number of rotatable bonds is 6. The van der Waals surface area contributed by atoms with Gasteiger partial charge >= 0.3 is 0 Å². The molecule has 0 saturated carbocycles. The van der Waals surface area contributed by atoms with E-state index in [1.807, 2.05) is 13.8 Å². The Bertz CT molecular complexity index is 351. The first-order valence-electron chi connectivity index (χ1n) is 5.68. The van der Waals surface area contributed by atoms with E-state index in [1.165, 1.54) is 0 Å². The van der Waals surface area contributed by atoms with Crippen LogP contribution in [0.3, 0.4) is 0 Å². The number of hydrogen-bond donors (Lipinski definition) is 2. The monoisotopic (exact) mass is 237 g/mol. The molecule has 94 valence electrons. The Morgan fingerprint density at radius 1 is 1.53 bits per heavy atom. The molecule has 0 saturated heterocycles. The molecule has 1 atom stereocenters. The maximum atomic E-state index is 11.5. The zero-order valence-corrected chi connectivity index (χ0v) is 10.5. The first-order valence-corrected chi connectivity index (χ1v) is 5.68. The molecule has 0 aliphatic rings. The number of carbonyl (C=O) groups is 1. The Labute approximate surface area is 102 Å². The fourth-order valence-corrected chi connectivity index (χ4v) is 1.23. The molecule has 0 aliphatic carbocycles. The molecule has 0 radical (unpaired) electrons. The highest BCUT2D eigenvalue weighted by Crippen LogP contribution is 2.05. The zero-order chi connectivity index (χ0) is 12.7. The van der Waals surface area contributed by atoms with Gasteiger partial charge in [-0.3, -0.25) is 4.79 Å². The van der Waals surface area contributed by atoms with E-state index >= 15 is 0 Å². The number of ether oxygens (including phenoxy) is 1. The van der Waals surface area contributed by atoms with Crippen LogP contribution in [-0.4, -0.2) is 37.2 Å². The minimum absolute atomic E-state index is 0.100. The Balaban J connectivity index is 2.53. The Kier molecular flexibility index (Phi) is 5.42.